The van der Waals surface area contributed by atoms with E-state index in [1.165, 1.54) is 12.0 Å². The SMILES string of the molecule is COC(=O)C1=C(Nc2c(C(C)C)cccc2C(C)C)C(=O)N(CCO)C1. The Morgan fingerprint density at radius 3 is 2.27 bits per heavy atom. The molecule has 2 rings (SSSR count). The smallest absolute Gasteiger partial charge is 0.337 e. The highest BCUT2D eigenvalue weighted by atomic mass is 16.5. The number of nitrogens with one attached hydrogen (secondary N) is 1. The van der Waals surface area contributed by atoms with Crippen molar-refractivity contribution in [2.45, 2.75) is 39.5 Å². The Labute approximate surface area is 154 Å². The third-order valence-electron chi connectivity index (χ3n) is 4.58. The number of hydrogen-bond donors (Lipinski definition) is 2. The second kappa shape index (κ2) is 8.36. The van der Waals surface area contributed by atoms with Gasteiger partial charge in [0.1, 0.15) is 5.70 Å². The number of benzene rings is 1. The maximum atomic E-state index is 12.8. The number of hydrogen-bond acceptors (Lipinski definition) is 5. The van der Waals surface area contributed by atoms with Crippen molar-refractivity contribution in [1.82, 2.24) is 4.90 Å². The molecule has 1 aliphatic rings. The minimum Gasteiger partial charge on any atom is -0.466 e. The number of nitrogens with zero attached hydrogens (tertiary/aromatic N) is 1. The molecule has 26 heavy (non-hydrogen) atoms. The van der Waals surface area contributed by atoms with E-state index in [9.17, 15) is 14.7 Å². The molecule has 142 valence electrons. The zero-order valence-corrected chi connectivity index (χ0v) is 16.1. The molecule has 1 aliphatic heterocycles. The number of carbonyl (C=O) groups excluding carboxylic acids is 2. The molecule has 0 aromatic heterocycles. The van der Waals surface area contributed by atoms with Gasteiger partial charge in [0.25, 0.3) is 5.91 Å². The number of methoxy groups -OCH3 is 1. The lowest BCUT2D eigenvalue weighted by Crippen LogP contribution is -2.31. The minimum absolute atomic E-state index is 0.134. The highest BCUT2D eigenvalue weighted by Gasteiger charge is 2.35. The molecular formula is C20H28N2O4. The molecule has 0 bridgehead atoms. The van der Waals surface area contributed by atoms with E-state index in [1.54, 1.807) is 0 Å². The Bertz CT molecular complexity index is 696. The number of anilines is 1. The molecule has 0 aliphatic carbocycles. The summed E-state index contributed by atoms with van der Waals surface area (Å²) in [5, 5.41) is 12.4. The molecule has 6 nitrogen and oxygen atoms in total. The predicted molar refractivity (Wildman–Crippen MR) is 101 cm³/mol. The Hall–Kier alpha value is -2.34. The molecule has 0 atom stereocenters. The largest absolute Gasteiger partial charge is 0.466 e. The topological polar surface area (TPSA) is 78.9 Å². The Balaban J connectivity index is 2.53. The number of rotatable bonds is 7. The van der Waals surface area contributed by atoms with Crippen molar-refractivity contribution >= 4 is 17.6 Å². The molecule has 1 heterocycles. The lowest BCUT2D eigenvalue weighted by molar-refractivity contribution is -0.136. The van der Waals surface area contributed by atoms with Crippen LogP contribution in [0.5, 0.6) is 0 Å². The van der Waals surface area contributed by atoms with E-state index in [4.69, 9.17) is 4.74 Å². The van der Waals surface area contributed by atoms with Gasteiger partial charge < -0.3 is 20.1 Å². The fourth-order valence-electron chi connectivity index (χ4n) is 3.17. The quantitative estimate of drug-likeness (QED) is 0.731. The van der Waals surface area contributed by atoms with Gasteiger partial charge >= 0.3 is 5.97 Å². The fourth-order valence-corrected chi connectivity index (χ4v) is 3.17. The van der Waals surface area contributed by atoms with Crippen molar-refractivity contribution in [3.8, 4) is 0 Å². The zero-order chi connectivity index (χ0) is 19.4. The monoisotopic (exact) mass is 360 g/mol. The number of amides is 1. The van der Waals surface area contributed by atoms with Gasteiger partial charge in [-0.1, -0.05) is 45.9 Å². The summed E-state index contributed by atoms with van der Waals surface area (Å²) in [6.45, 7) is 8.52. The maximum absolute atomic E-state index is 12.8. The first-order valence-corrected chi connectivity index (χ1v) is 8.93. The van der Waals surface area contributed by atoms with Crippen molar-refractivity contribution in [2.75, 3.05) is 32.1 Å². The summed E-state index contributed by atoms with van der Waals surface area (Å²) in [5.74, 6) is -0.325. The third-order valence-corrected chi connectivity index (χ3v) is 4.58. The van der Waals surface area contributed by atoms with Crippen LogP contribution in [0.25, 0.3) is 0 Å². The second-order valence-corrected chi connectivity index (χ2v) is 7.04. The van der Waals surface area contributed by atoms with Gasteiger partial charge in [-0.25, -0.2) is 4.79 Å². The minimum atomic E-state index is -0.533. The van der Waals surface area contributed by atoms with Crippen LogP contribution >= 0.6 is 0 Å². The van der Waals surface area contributed by atoms with Crippen LogP contribution in [-0.2, 0) is 14.3 Å². The number of β-amino-alcohol motifs (C(OH)–C–C–N with tert-alkyl or cyclic N) is 1. The van der Waals surface area contributed by atoms with E-state index in [2.05, 4.69) is 33.0 Å². The van der Waals surface area contributed by atoms with Gasteiger partial charge in [-0.3, -0.25) is 4.79 Å². The summed E-state index contributed by atoms with van der Waals surface area (Å²) in [6, 6.07) is 6.07. The summed E-state index contributed by atoms with van der Waals surface area (Å²) >= 11 is 0. The molecule has 1 amide bonds. The number of aliphatic hydroxyl groups is 1. The normalized spacial score (nSPS) is 14.6. The van der Waals surface area contributed by atoms with Gasteiger partial charge in [-0.05, 0) is 23.0 Å². The third kappa shape index (κ3) is 3.90. The van der Waals surface area contributed by atoms with Crippen LogP contribution in [0, 0.1) is 0 Å². The molecule has 1 aromatic carbocycles. The molecule has 6 heteroatoms. The Morgan fingerprint density at radius 2 is 1.81 bits per heavy atom. The number of esters is 1. The van der Waals surface area contributed by atoms with Crippen LogP contribution in [0.15, 0.2) is 29.5 Å². The van der Waals surface area contributed by atoms with Crippen LogP contribution in [0.4, 0.5) is 5.69 Å². The Morgan fingerprint density at radius 1 is 1.23 bits per heavy atom. The maximum Gasteiger partial charge on any atom is 0.337 e. The molecule has 0 fully saturated rings. The van der Waals surface area contributed by atoms with Gasteiger partial charge in [0, 0.05) is 12.2 Å². The number of aliphatic hydroxyl groups excluding tert-OH is 1. The standard InChI is InChI=1S/C20H28N2O4/c1-12(2)14-7-6-8-15(13(3)4)17(14)21-18-16(20(25)26-5)11-22(9-10-23)19(18)24/h6-8,12-13,21,23H,9-11H2,1-5H3. The average Bonchev–Trinajstić information content (AvgIpc) is 2.90. The van der Waals surface area contributed by atoms with E-state index < -0.39 is 5.97 Å². The van der Waals surface area contributed by atoms with Crippen molar-refractivity contribution in [3.63, 3.8) is 0 Å². The summed E-state index contributed by atoms with van der Waals surface area (Å²) in [7, 11) is 1.30. The van der Waals surface area contributed by atoms with Crippen molar-refractivity contribution in [2.24, 2.45) is 0 Å². The highest BCUT2D eigenvalue weighted by Crippen LogP contribution is 2.34. The highest BCUT2D eigenvalue weighted by molar-refractivity contribution is 6.08. The zero-order valence-electron chi connectivity index (χ0n) is 16.1. The summed E-state index contributed by atoms with van der Waals surface area (Å²) in [4.78, 5) is 26.4. The first kappa shape index (κ1) is 20.0. The molecule has 0 spiro atoms. The molecule has 0 saturated heterocycles. The van der Waals surface area contributed by atoms with Crippen LogP contribution in [-0.4, -0.2) is 48.7 Å². The lowest BCUT2D eigenvalue weighted by atomic mass is 9.92. The predicted octanol–water partition coefficient (Wildman–Crippen LogP) is 2.61. The molecule has 2 N–H and O–H groups in total. The van der Waals surface area contributed by atoms with Crippen LogP contribution in [0.3, 0.4) is 0 Å². The van der Waals surface area contributed by atoms with E-state index in [0.29, 0.717) is 5.57 Å². The van der Waals surface area contributed by atoms with Crippen molar-refractivity contribution < 1.29 is 19.4 Å². The van der Waals surface area contributed by atoms with Gasteiger partial charge in [-0.2, -0.15) is 0 Å². The molecule has 0 radical (unpaired) electrons. The van der Waals surface area contributed by atoms with E-state index in [0.717, 1.165) is 16.8 Å². The molecular weight excluding hydrogens is 332 g/mol. The number of carbonyl (C=O) groups is 2. The number of para-hydroxylation sites is 1. The van der Waals surface area contributed by atoms with Crippen LogP contribution < -0.4 is 5.32 Å². The first-order valence-electron chi connectivity index (χ1n) is 8.93. The van der Waals surface area contributed by atoms with Gasteiger partial charge in [0.2, 0.25) is 0 Å². The van der Waals surface area contributed by atoms with Crippen LogP contribution in [0.2, 0.25) is 0 Å². The van der Waals surface area contributed by atoms with E-state index >= 15 is 0 Å². The van der Waals surface area contributed by atoms with E-state index in [-0.39, 0.29) is 43.1 Å². The molecule has 1 aromatic rings. The number of ether oxygens (including phenoxy) is 1. The Kier molecular flexibility index (Phi) is 6.42. The molecule has 0 saturated carbocycles. The summed E-state index contributed by atoms with van der Waals surface area (Å²) in [6.07, 6.45) is 0. The summed E-state index contributed by atoms with van der Waals surface area (Å²) in [5.41, 5.74) is 3.57. The summed E-state index contributed by atoms with van der Waals surface area (Å²) < 4.78 is 4.85. The van der Waals surface area contributed by atoms with Crippen molar-refractivity contribution in [1.29, 1.82) is 0 Å². The second-order valence-electron chi connectivity index (χ2n) is 7.04. The fraction of sp³-hybridized carbons (Fsp3) is 0.500. The first-order chi connectivity index (χ1) is 12.3. The van der Waals surface area contributed by atoms with Crippen LogP contribution in [0.1, 0.15) is 50.7 Å². The van der Waals surface area contributed by atoms with Crippen molar-refractivity contribution in [3.05, 3.63) is 40.6 Å². The average molecular weight is 360 g/mol. The van der Waals surface area contributed by atoms with E-state index in [1.807, 2.05) is 18.2 Å². The molecule has 0 unspecified atom stereocenters. The van der Waals surface area contributed by atoms with Gasteiger partial charge in [0.05, 0.1) is 25.8 Å². The lowest BCUT2D eigenvalue weighted by Gasteiger charge is -2.22. The van der Waals surface area contributed by atoms with Gasteiger partial charge in [0.15, 0.2) is 0 Å². The van der Waals surface area contributed by atoms with Gasteiger partial charge in [-0.15, -0.1) is 0 Å².